The van der Waals surface area contributed by atoms with Crippen molar-refractivity contribution in [2.45, 2.75) is 19.1 Å². The van der Waals surface area contributed by atoms with Crippen molar-refractivity contribution in [3.05, 3.63) is 0 Å². The number of rotatable bonds is 3. The number of hydrogen-bond donors (Lipinski definition) is 1. The molecule has 0 aromatic heterocycles. The lowest BCUT2D eigenvalue weighted by molar-refractivity contribution is 0.674. The van der Waals surface area contributed by atoms with Gasteiger partial charge in [0.05, 0.1) is 0 Å². The summed E-state index contributed by atoms with van der Waals surface area (Å²) in [6, 6.07) is 0. The zero-order valence-corrected chi connectivity index (χ0v) is 6.91. The molecule has 0 fully saturated rings. The van der Waals surface area contributed by atoms with Gasteiger partial charge in [-0.05, 0) is 15.4 Å². The van der Waals surface area contributed by atoms with Crippen LogP contribution in [-0.4, -0.2) is 27.6 Å². The third kappa shape index (κ3) is 2.87. The first kappa shape index (κ1) is 8.98. The monoisotopic (exact) mass is 149 g/mol. The molecule has 0 aliphatic carbocycles. The molecule has 0 aliphatic heterocycles. The summed E-state index contributed by atoms with van der Waals surface area (Å²) in [4.78, 5) is 0. The molecule has 1 atom stereocenters. The molecule has 0 radical (unpaired) electrons. The number of hydrogen-bond acceptors (Lipinski definition) is 2. The van der Waals surface area contributed by atoms with Crippen molar-refractivity contribution in [1.29, 1.82) is 0 Å². The molecule has 9 heavy (non-hydrogen) atoms. The first-order valence-electron chi connectivity index (χ1n) is 3.04. The van der Waals surface area contributed by atoms with Crippen molar-refractivity contribution in [1.82, 2.24) is 0 Å². The van der Waals surface area contributed by atoms with Crippen LogP contribution >= 0.6 is 0 Å². The third-order valence-corrected chi connectivity index (χ3v) is 3.97. The van der Waals surface area contributed by atoms with Gasteiger partial charge in [0.2, 0.25) is 0 Å². The van der Waals surface area contributed by atoms with Crippen LogP contribution in [0.1, 0.15) is 13.8 Å². The lowest BCUT2D eigenvalue weighted by Crippen LogP contribution is -2.22. The topological polar surface area (TPSA) is 43.1 Å². The van der Waals surface area contributed by atoms with Crippen LogP contribution in [0.2, 0.25) is 0 Å². The Labute approximate surface area is 57.4 Å². The van der Waals surface area contributed by atoms with E-state index in [1.807, 2.05) is 13.8 Å². The van der Waals surface area contributed by atoms with Crippen LogP contribution in [0.25, 0.3) is 0 Å². The zero-order chi connectivity index (χ0) is 7.49. The molecular formula is C6H15NOS. The van der Waals surface area contributed by atoms with Gasteiger partial charge in [-0.15, -0.1) is 0 Å². The summed E-state index contributed by atoms with van der Waals surface area (Å²) in [6.07, 6.45) is 0. The summed E-state index contributed by atoms with van der Waals surface area (Å²) in [5, 5.41) is 0.154. The summed E-state index contributed by atoms with van der Waals surface area (Å²) in [5.74, 6) is 4.15. The van der Waals surface area contributed by atoms with E-state index < -0.39 is 9.52 Å². The van der Waals surface area contributed by atoms with Gasteiger partial charge >= 0.3 is 0 Å². The lowest BCUT2D eigenvalue weighted by Gasteiger charge is -2.10. The summed E-state index contributed by atoms with van der Waals surface area (Å²) >= 11 is 0. The molecule has 0 spiro atoms. The highest BCUT2D eigenvalue weighted by Gasteiger charge is 2.06. The molecule has 0 heterocycles. The van der Waals surface area contributed by atoms with Crippen molar-refractivity contribution in [3.63, 3.8) is 0 Å². The highest BCUT2D eigenvalue weighted by atomic mass is 32.2. The highest BCUT2D eigenvalue weighted by molar-refractivity contribution is 8.00. The molecule has 56 valence electrons. The summed E-state index contributed by atoms with van der Waals surface area (Å²) in [6.45, 7) is 4.29. The Balaban J connectivity index is 4.05. The Morgan fingerprint density at radius 2 is 2.11 bits per heavy atom. The minimum absolute atomic E-state index is 0.154. The molecule has 0 saturated carbocycles. The van der Waals surface area contributed by atoms with Gasteiger partial charge in [-0.25, -0.2) is 0 Å². The van der Waals surface area contributed by atoms with Crippen LogP contribution in [0.4, 0.5) is 0 Å². The standard InChI is InChI=1S/C6H15NOS/c1-6(2)9(3,8)5-4-7/h6H,3-5,7H2,1-2H3. The van der Waals surface area contributed by atoms with E-state index in [9.17, 15) is 4.21 Å². The summed E-state index contributed by atoms with van der Waals surface area (Å²) in [5.41, 5.74) is 5.23. The van der Waals surface area contributed by atoms with Gasteiger partial charge in [-0.2, -0.15) is 0 Å². The van der Waals surface area contributed by atoms with Gasteiger partial charge in [0.25, 0.3) is 0 Å². The van der Waals surface area contributed by atoms with E-state index in [1.165, 1.54) is 0 Å². The van der Waals surface area contributed by atoms with Crippen molar-refractivity contribution in [2.75, 3.05) is 12.3 Å². The highest BCUT2D eigenvalue weighted by Crippen LogP contribution is 1.98. The molecule has 0 aromatic carbocycles. The smallest absolute Gasteiger partial charge is 0.0284 e. The quantitative estimate of drug-likeness (QED) is 0.577. The van der Waals surface area contributed by atoms with E-state index in [-0.39, 0.29) is 5.25 Å². The largest absolute Gasteiger partial charge is 0.330 e. The minimum atomic E-state index is -1.87. The first-order chi connectivity index (χ1) is 4.00. The fourth-order valence-electron chi connectivity index (χ4n) is 0.435. The van der Waals surface area contributed by atoms with Crippen LogP contribution < -0.4 is 5.73 Å². The SMILES string of the molecule is C=S(=O)(CCN)C(C)C. The second-order valence-corrected chi connectivity index (χ2v) is 5.50. The van der Waals surface area contributed by atoms with E-state index in [0.717, 1.165) is 0 Å². The predicted molar refractivity (Wildman–Crippen MR) is 44.3 cm³/mol. The van der Waals surface area contributed by atoms with Crippen LogP contribution in [0.5, 0.6) is 0 Å². The molecule has 0 bridgehead atoms. The molecule has 2 nitrogen and oxygen atoms in total. The van der Waals surface area contributed by atoms with Crippen LogP contribution in [-0.2, 0) is 9.52 Å². The number of nitrogens with two attached hydrogens (primary N) is 1. The fraction of sp³-hybridized carbons (Fsp3) is 0.833. The van der Waals surface area contributed by atoms with E-state index >= 15 is 0 Å². The molecule has 0 saturated heterocycles. The Morgan fingerprint density at radius 1 is 1.67 bits per heavy atom. The predicted octanol–water partition coefficient (Wildman–Crippen LogP) is 0.0699. The van der Waals surface area contributed by atoms with Crippen molar-refractivity contribution in [3.8, 4) is 0 Å². The van der Waals surface area contributed by atoms with Crippen LogP contribution in [0.15, 0.2) is 0 Å². The molecule has 3 heteroatoms. The normalized spacial score (nSPS) is 17.8. The van der Waals surface area contributed by atoms with Crippen molar-refractivity contribution >= 4 is 15.4 Å². The van der Waals surface area contributed by atoms with Crippen LogP contribution in [0, 0.1) is 0 Å². The third-order valence-electron chi connectivity index (χ3n) is 1.32. The second-order valence-electron chi connectivity index (χ2n) is 2.41. The van der Waals surface area contributed by atoms with Gasteiger partial charge in [-0.1, -0.05) is 13.8 Å². The molecule has 0 amide bonds. The summed E-state index contributed by atoms with van der Waals surface area (Å²) in [7, 11) is -1.87. The van der Waals surface area contributed by atoms with E-state index in [1.54, 1.807) is 0 Å². The second kappa shape index (κ2) is 3.22. The molecule has 0 rings (SSSR count). The maximum atomic E-state index is 11.3. The lowest BCUT2D eigenvalue weighted by atomic mass is 10.6. The average Bonchev–Trinajstić information content (AvgIpc) is 1.65. The molecular weight excluding hydrogens is 134 g/mol. The molecule has 1 unspecified atom stereocenters. The average molecular weight is 149 g/mol. The summed E-state index contributed by atoms with van der Waals surface area (Å²) < 4.78 is 11.3. The van der Waals surface area contributed by atoms with Crippen LogP contribution in [0.3, 0.4) is 0 Å². The van der Waals surface area contributed by atoms with Crippen molar-refractivity contribution in [2.24, 2.45) is 5.73 Å². The Kier molecular flexibility index (Phi) is 3.22. The van der Waals surface area contributed by atoms with E-state index in [4.69, 9.17) is 5.73 Å². The maximum absolute atomic E-state index is 11.3. The van der Waals surface area contributed by atoms with Gasteiger partial charge in [0, 0.05) is 17.5 Å². The Bertz CT molecular complexity index is 158. The van der Waals surface area contributed by atoms with Gasteiger partial charge in [-0.3, -0.25) is 4.21 Å². The fourth-order valence-corrected chi connectivity index (χ4v) is 1.31. The van der Waals surface area contributed by atoms with Gasteiger partial charge < -0.3 is 5.73 Å². The molecule has 0 aliphatic rings. The first-order valence-corrected chi connectivity index (χ1v) is 5.00. The Morgan fingerprint density at radius 3 is 2.22 bits per heavy atom. The Hall–Kier alpha value is -0.0200. The molecule has 0 aromatic rings. The zero-order valence-electron chi connectivity index (χ0n) is 6.09. The maximum Gasteiger partial charge on any atom is 0.0284 e. The van der Waals surface area contributed by atoms with Gasteiger partial charge in [0.1, 0.15) is 0 Å². The van der Waals surface area contributed by atoms with Crippen molar-refractivity contribution < 1.29 is 4.21 Å². The van der Waals surface area contributed by atoms with Gasteiger partial charge in [0.15, 0.2) is 0 Å². The van der Waals surface area contributed by atoms with E-state index in [2.05, 4.69) is 5.87 Å². The van der Waals surface area contributed by atoms with E-state index in [0.29, 0.717) is 12.3 Å². The molecule has 2 N–H and O–H groups in total. The minimum Gasteiger partial charge on any atom is -0.330 e.